The van der Waals surface area contributed by atoms with Crippen molar-refractivity contribution in [2.75, 3.05) is 22.7 Å². The van der Waals surface area contributed by atoms with Gasteiger partial charge in [0, 0.05) is 25.5 Å². The molecule has 0 radical (unpaired) electrons. The van der Waals surface area contributed by atoms with Gasteiger partial charge in [-0.3, -0.25) is 9.71 Å². The second-order valence-corrected chi connectivity index (χ2v) is 11.1. The summed E-state index contributed by atoms with van der Waals surface area (Å²) in [5.41, 5.74) is -0.526. The number of pyridine rings is 1. The Morgan fingerprint density at radius 2 is 1.59 bits per heavy atom. The van der Waals surface area contributed by atoms with E-state index in [2.05, 4.69) is 14.9 Å². The van der Waals surface area contributed by atoms with Gasteiger partial charge in [0.1, 0.15) is 22.3 Å². The Balaban J connectivity index is 1.62. The SMILES string of the molecule is O=S(=O)(Nc1ccc(F)c(-c2nc(N3CCCCC3)sc2-c2ccncc2)c1F)c1cc(F)ccc1F. The summed E-state index contributed by atoms with van der Waals surface area (Å²) >= 11 is 1.27. The summed E-state index contributed by atoms with van der Waals surface area (Å²) in [7, 11) is -4.74. The molecule has 4 aromatic rings. The van der Waals surface area contributed by atoms with E-state index in [-0.39, 0.29) is 5.69 Å². The molecule has 1 saturated heterocycles. The number of rotatable bonds is 6. The molecule has 0 unspecified atom stereocenters. The smallest absolute Gasteiger partial charge is 0.265 e. The Kier molecular flexibility index (Phi) is 6.86. The zero-order chi connectivity index (χ0) is 26.2. The van der Waals surface area contributed by atoms with Crippen molar-refractivity contribution in [3.63, 3.8) is 0 Å². The standard InChI is InChI=1S/C25H20F4N4O2S2/c26-16-4-5-17(27)20(14-16)37(34,35)32-19-7-6-18(28)21(22(19)29)23-24(15-8-10-30-11-9-15)36-25(31-23)33-12-2-1-3-13-33/h4-11,14,32H,1-3,12-13H2. The summed E-state index contributed by atoms with van der Waals surface area (Å²) in [5, 5.41) is 0.591. The minimum Gasteiger partial charge on any atom is -0.348 e. The number of piperidine rings is 1. The number of anilines is 2. The summed E-state index contributed by atoms with van der Waals surface area (Å²) < 4.78 is 86.1. The van der Waals surface area contributed by atoms with Crippen LogP contribution < -0.4 is 9.62 Å². The first-order valence-corrected chi connectivity index (χ1v) is 13.7. The minimum absolute atomic E-state index is 0.00441. The predicted octanol–water partition coefficient (Wildman–Crippen LogP) is 6.22. The summed E-state index contributed by atoms with van der Waals surface area (Å²) in [6.45, 7) is 1.51. The number of aromatic nitrogens is 2. The number of nitrogens with zero attached hydrogens (tertiary/aromatic N) is 3. The monoisotopic (exact) mass is 548 g/mol. The lowest BCUT2D eigenvalue weighted by Gasteiger charge is -2.25. The molecule has 12 heteroatoms. The molecule has 0 amide bonds. The van der Waals surface area contributed by atoms with E-state index in [0.29, 0.717) is 27.7 Å². The molecule has 0 bridgehead atoms. The van der Waals surface area contributed by atoms with Crippen LogP contribution in [-0.2, 0) is 10.0 Å². The van der Waals surface area contributed by atoms with E-state index in [1.807, 2.05) is 4.72 Å². The molecule has 1 N–H and O–H groups in total. The number of hydrogen-bond donors (Lipinski definition) is 1. The molecule has 192 valence electrons. The summed E-state index contributed by atoms with van der Waals surface area (Å²) in [6.07, 6.45) is 6.12. The third-order valence-corrected chi connectivity index (χ3v) is 8.49. The highest BCUT2D eigenvalue weighted by molar-refractivity contribution is 7.92. The summed E-state index contributed by atoms with van der Waals surface area (Å²) in [5.74, 6) is -4.39. The minimum atomic E-state index is -4.74. The second kappa shape index (κ2) is 10.1. The van der Waals surface area contributed by atoms with Crippen molar-refractivity contribution in [2.45, 2.75) is 24.2 Å². The van der Waals surface area contributed by atoms with Crippen LogP contribution in [0.2, 0.25) is 0 Å². The lowest BCUT2D eigenvalue weighted by molar-refractivity contribution is 0.554. The van der Waals surface area contributed by atoms with Crippen LogP contribution >= 0.6 is 11.3 Å². The van der Waals surface area contributed by atoms with Crippen LogP contribution in [0.5, 0.6) is 0 Å². The van der Waals surface area contributed by atoms with E-state index < -0.39 is 49.4 Å². The Morgan fingerprint density at radius 1 is 0.892 bits per heavy atom. The highest BCUT2D eigenvalue weighted by Gasteiger charge is 2.28. The molecule has 3 heterocycles. The summed E-state index contributed by atoms with van der Waals surface area (Å²) in [4.78, 5) is 10.1. The molecule has 2 aromatic heterocycles. The van der Waals surface area contributed by atoms with Crippen LogP contribution in [0.1, 0.15) is 19.3 Å². The van der Waals surface area contributed by atoms with E-state index in [1.165, 1.54) is 11.3 Å². The average molecular weight is 549 g/mol. The Bertz CT molecular complexity index is 1560. The predicted molar refractivity (Wildman–Crippen MR) is 134 cm³/mol. The molecule has 1 aliphatic rings. The molecule has 6 nitrogen and oxygen atoms in total. The van der Waals surface area contributed by atoms with Crippen molar-refractivity contribution in [3.05, 3.63) is 78.1 Å². The van der Waals surface area contributed by atoms with Crippen molar-refractivity contribution < 1.29 is 26.0 Å². The van der Waals surface area contributed by atoms with Crippen LogP contribution in [0.3, 0.4) is 0 Å². The molecule has 5 rings (SSSR count). The van der Waals surface area contributed by atoms with Crippen molar-refractivity contribution in [3.8, 4) is 21.7 Å². The molecular formula is C25H20F4N4O2S2. The molecule has 37 heavy (non-hydrogen) atoms. The van der Waals surface area contributed by atoms with Crippen molar-refractivity contribution in [2.24, 2.45) is 0 Å². The number of thiazole rings is 1. The number of halogens is 4. The topological polar surface area (TPSA) is 75.2 Å². The first kappa shape index (κ1) is 25.2. The number of benzene rings is 2. The van der Waals surface area contributed by atoms with Crippen LogP contribution in [0.15, 0.2) is 59.8 Å². The van der Waals surface area contributed by atoms with Gasteiger partial charge < -0.3 is 4.90 Å². The highest BCUT2D eigenvalue weighted by Crippen LogP contribution is 2.43. The van der Waals surface area contributed by atoms with Crippen LogP contribution in [0.25, 0.3) is 21.7 Å². The maximum absolute atomic E-state index is 15.8. The number of nitrogens with one attached hydrogen (secondary N) is 1. The van der Waals surface area contributed by atoms with Gasteiger partial charge in [-0.1, -0.05) is 11.3 Å². The lowest BCUT2D eigenvalue weighted by atomic mass is 10.1. The van der Waals surface area contributed by atoms with E-state index in [1.54, 1.807) is 24.5 Å². The first-order chi connectivity index (χ1) is 17.7. The molecule has 0 spiro atoms. The fourth-order valence-corrected chi connectivity index (χ4v) is 6.41. The molecule has 1 aliphatic heterocycles. The van der Waals surface area contributed by atoms with Gasteiger partial charge in [-0.15, -0.1) is 0 Å². The Hall–Kier alpha value is -3.51. The molecular weight excluding hydrogens is 528 g/mol. The zero-order valence-electron chi connectivity index (χ0n) is 19.2. The van der Waals surface area contributed by atoms with Crippen molar-refractivity contribution >= 4 is 32.2 Å². The summed E-state index contributed by atoms with van der Waals surface area (Å²) in [6, 6.07) is 7.04. The number of hydrogen-bond acceptors (Lipinski definition) is 6. The first-order valence-electron chi connectivity index (χ1n) is 11.4. The second-order valence-electron chi connectivity index (χ2n) is 8.42. The van der Waals surface area contributed by atoms with Crippen LogP contribution in [-0.4, -0.2) is 31.5 Å². The van der Waals surface area contributed by atoms with Crippen molar-refractivity contribution in [1.29, 1.82) is 0 Å². The number of sulfonamides is 1. The fraction of sp³-hybridized carbons (Fsp3) is 0.200. The van der Waals surface area contributed by atoms with Gasteiger partial charge in [0.25, 0.3) is 10.0 Å². The van der Waals surface area contributed by atoms with E-state index >= 15 is 8.78 Å². The van der Waals surface area contributed by atoms with E-state index in [0.717, 1.165) is 50.6 Å². The zero-order valence-corrected chi connectivity index (χ0v) is 20.9. The maximum atomic E-state index is 15.8. The molecule has 0 aliphatic carbocycles. The third-order valence-electron chi connectivity index (χ3n) is 5.94. The molecule has 0 atom stereocenters. The van der Waals surface area contributed by atoms with Gasteiger partial charge in [0.15, 0.2) is 10.9 Å². The van der Waals surface area contributed by atoms with Gasteiger partial charge >= 0.3 is 0 Å². The molecule has 0 saturated carbocycles. The van der Waals surface area contributed by atoms with Gasteiger partial charge in [0.05, 0.1) is 21.8 Å². The van der Waals surface area contributed by atoms with Gasteiger partial charge in [0.2, 0.25) is 0 Å². The molecule has 1 fully saturated rings. The third kappa shape index (κ3) is 5.03. The largest absolute Gasteiger partial charge is 0.348 e. The fourth-order valence-electron chi connectivity index (χ4n) is 4.13. The molecule has 2 aromatic carbocycles. The lowest BCUT2D eigenvalue weighted by Crippen LogP contribution is -2.29. The average Bonchev–Trinajstić information content (AvgIpc) is 3.33. The van der Waals surface area contributed by atoms with Crippen molar-refractivity contribution in [1.82, 2.24) is 9.97 Å². The highest BCUT2D eigenvalue weighted by atomic mass is 32.2. The van der Waals surface area contributed by atoms with Gasteiger partial charge in [-0.2, -0.15) is 0 Å². The Labute approximate surface area is 214 Å². The van der Waals surface area contributed by atoms with E-state index in [4.69, 9.17) is 0 Å². The Morgan fingerprint density at radius 3 is 2.32 bits per heavy atom. The quantitative estimate of drug-likeness (QED) is 0.290. The van der Waals surface area contributed by atoms with Gasteiger partial charge in [-0.05, 0) is 67.3 Å². The van der Waals surface area contributed by atoms with Crippen LogP contribution in [0.4, 0.5) is 28.4 Å². The van der Waals surface area contributed by atoms with Gasteiger partial charge in [-0.25, -0.2) is 31.0 Å². The normalized spacial score (nSPS) is 14.1. The van der Waals surface area contributed by atoms with E-state index in [9.17, 15) is 17.2 Å². The van der Waals surface area contributed by atoms with Crippen LogP contribution in [0, 0.1) is 23.3 Å². The maximum Gasteiger partial charge on any atom is 0.265 e.